The van der Waals surface area contributed by atoms with E-state index in [1.54, 1.807) is 4.80 Å². The summed E-state index contributed by atoms with van der Waals surface area (Å²) in [5.74, 6) is 0.687. The Bertz CT molecular complexity index is 508. The Balaban J connectivity index is 1.73. The minimum absolute atomic E-state index is 0.550. The van der Waals surface area contributed by atoms with Gasteiger partial charge in [-0.05, 0) is 18.6 Å². The van der Waals surface area contributed by atoms with Gasteiger partial charge in [0, 0.05) is 18.2 Å². The number of tetrazole rings is 1. The van der Waals surface area contributed by atoms with E-state index in [2.05, 4.69) is 34.6 Å². The number of unbranched alkanes of at least 4 members (excludes halogenated alkanes) is 2. The molecule has 2 aromatic rings. The highest BCUT2D eigenvalue weighted by atomic mass is 15.6. The van der Waals surface area contributed by atoms with Crippen molar-refractivity contribution in [2.24, 2.45) is 0 Å². The largest absolute Gasteiger partial charge is 0.312 e. The molecule has 0 spiro atoms. The fraction of sp³-hybridized carbons (Fsp3) is 0.562. The Morgan fingerprint density at radius 3 is 2.76 bits per heavy atom. The lowest BCUT2D eigenvalue weighted by atomic mass is 10.1. The summed E-state index contributed by atoms with van der Waals surface area (Å²) in [5.41, 5.74) is 1.00. The molecule has 2 rings (SSSR count). The Morgan fingerprint density at radius 1 is 1.19 bits per heavy atom. The first-order valence-electron chi connectivity index (χ1n) is 7.86. The Hall–Kier alpha value is -1.75. The number of hydrogen-bond donors (Lipinski definition) is 1. The molecule has 0 aliphatic rings. The maximum atomic E-state index is 4.41. The van der Waals surface area contributed by atoms with Crippen LogP contribution in [0, 0.1) is 0 Å². The lowest BCUT2D eigenvalue weighted by molar-refractivity contribution is 0.437. The molecule has 1 unspecified atom stereocenters. The first kappa shape index (κ1) is 15.6. The van der Waals surface area contributed by atoms with Crippen LogP contribution >= 0.6 is 0 Å². The van der Waals surface area contributed by atoms with E-state index in [9.17, 15) is 0 Å². The van der Waals surface area contributed by atoms with Gasteiger partial charge in [0.2, 0.25) is 5.82 Å². The van der Waals surface area contributed by atoms with Gasteiger partial charge in [-0.2, -0.15) is 4.80 Å². The van der Waals surface area contributed by atoms with Gasteiger partial charge in [-0.25, -0.2) is 0 Å². The van der Waals surface area contributed by atoms with Crippen molar-refractivity contribution in [3.8, 4) is 11.4 Å². The molecule has 114 valence electrons. The molecule has 0 saturated heterocycles. The smallest absolute Gasteiger partial charge is 0.204 e. The second kappa shape index (κ2) is 8.52. The highest BCUT2D eigenvalue weighted by Crippen LogP contribution is 2.11. The van der Waals surface area contributed by atoms with Crippen molar-refractivity contribution in [1.29, 1.82) is 0 Å². The van der Waals surface area contributed by atoms with Gasteiger partial charge < -0.3 is 5.32 Å². The summed E-state index contributed by atoms with van der Waals surface area (Å²) in [7, 11) is 0. The van der Waals surface area contributed by atoms with E-state index in [-0.39, 0.29) is 0 Å². The van der Waals surface area contributed by atoms with Crippen LogP contribution in [0.2, 0.25) is 0 Å². The van der Waals surface area contributed by atoms with Gasteiger partial charge in [0.25, 0.3) is 0 Å². The molecular weight excluding hydrogens is 262 g/mol. The van der Waals surface area contributed by atoms with Crippen LogP contribution in [0.15, 0.2) is 30.3 Å². The first-order chi connectivity index (χ1) is 10.3. The van der Waals surface area contributed by atoms with Gasteiger partial charge in [-0.3, -0.25) is 0 Å². The summed E-state index contributed by atoms with van der Waals surface area (Å²) in [5, 5.41) is 16.1. The minimum atomic E-state index is 0.550. The maximum absolute atomic E-state index is 4.41. The molecule has 21 heavy (non-hydrogen) atoms. The standard InChI is InChI=1S/C16H25N5/c1-3-4-6-9-14(2)17-12-13-21-19-16(18-20-21)15-10-7-5-8-11-15/h5,7-8,10-11,14,17H,3-4,6,9,12-13H2,1-2H3. The van der Waals surface area contributed by atoms with Crippen LogP contribution in [0.4, 0.5) is 0 Å². The van der Waals surface area contributed by atoms with Crippen molar-refractivity contribution in [3.05, 3.63) is 30.3 Å². The molecule has 0 bridgehead atoms. The maximum Gasteiger partial charge on any atom is 0.204 e. The van der Waals surface area contributed by atoms with Gasteiger partial charge in [0.15, 0.2) is 0 Å². The molecule has 1 aromatic carbocycles. The summed E-state index contributed by atoms with van der Waals surface area (Å²) >= 11 is 0. The predicted octanol–water partition coefficient (Wildman–Crippen LogP) is 2.90. The Labute approximate surface area is 126 Å². The molecule has 0 saturated carbocycles. The van der Waals surface area contributed by atoms with Crippen molar-refractivity contribution in [2.75, 3.05) is 6.54 Å². The van der Waals surface area contributed by atoms with Crippen LogP contribution in [-0.4, -0.2) is 32.8 Å². The number of benzene rings is 1. The summed E-state index contributed by atoms with van der Waals surface area (Å²) < 4.78 is 0. The van der Waals surface area contributed by atoms with Gasteiger partial charge in [-0.15, -0.1) is 10.2 Å². The van der Waals surface area contributed by atoms with E-state index < -0.39 is 0 Å². The second-order valence-corrected chi connectivity index (χ2v) is 5.43. The molecule has 5 nitrogen and oxygen atoms in total. The zero-order valence-corrected chi connectivity index (χ0v) is 13.0. The zero-order chi connectivity index (χ0) is 14.9. The fourth-order valence-electron chi connectivity index (χ4n) is 2.25. The van der Waals surface area contributed by atoms with Gasteiger partial charge in [0.05, 0.1) is 6.54 Å². The summed E-state index contributed by atoms with van der Waals surface area (Å²) in [4.78, 5) is 1.66. The minimum Gasteiger partial charge on any atom is -0.312 e. The average molecular weight is 287 g/mol. The SMILES string of the molecule is CCCCCC(C)NCCn1nnc(-c2ccccc2)n1. The number of rotatable bonds is 9. The second-order valence-electron chi connectivity index (χ2n) is 5.43. The summed E-state index contributed by atoms with van der Waals surface area (Å²) in [6.07, 6.45) is 5.12. The molecule has 1 heterocycles. The first-order valence-corrected chi connectivity index (χ1v) is 7.86. The third kappa shape index (κ3) is 5.27. The Kier molecular flexibility index (Phi) is 6.34. The predicted molar refractivity (Wildman–Crippen MR) is 84.9 cm³/mol. The zero-order valence-electron chi connectivity index (χ0n) is 13.0. The molecule has 1 N–H and O–H groups in total. The Morgan fingerprint density at radius 2 is 2.00 bits per heavy atom. The van der Waals surface area contributed by atoms with E-state index in [0.717, 1.165) is 18.7 Å². The molecule has 0 fully saturated rings. The van der Waals surface area contributed by atoms with Crippen LogP contribution in [-0.2, 0) is 6.54 Å². The van der Waals surface area contributed by atoms with E-state index in [0.29, 0.717) is 11.9 Å². The van der Waals surface area contributed by atoms with Crippen LogP contribution in [0.5, 0.6) is 0 Å². The lowest BCUT2D eigenvalue weighted by Gasteiger charge is -2.12. The number of nitrogens with zero attached hydrogens (tertiary/aromatic N) is 4. The van der Waals surface area contributed by atoms with Crippen molar-refractivity contribution in [1.82, 2.24) is 25.5 Å². The third-order valence-electron chi connectivity index (χ3n) is 3.53. The molecular formula is C16H25N5. The van der Waals surface area contributed by atoms with E-state index in [4.69, 9.17) is 0 Å². The van der Waals surface area contributed by atoms with Crippen molar-refractivity contribution in [2.45, 2.75) is 52.1 Å². The summed E-state index contributed by atoms with van der Waals surface area (Å²) in [6.45, 7) is 6.09. The molecule has 5 heteroatoms. The molecule has 0 radical (unpaired) electrons. The fourth-order valence-corrected chi connectivity index (χ4v) is 2.25. The van der Waals surface area contributed by atoms with E-state index in [1.807, 2.05) is 30.3 Å². The average Bonchev–Trinajstić information content (AvgIpc) is 2.97. The normalized spacial score (nSPS) is 12.5. The summed E-state index contributed by atoms with van der Waals surface area (Å²) in [6, 6.07) is 10.5. The molecule has 0 amide bonds. The van der Waals surface area contributed by atoms with Crippen molar-refractivity contribution < 1.29 is 0 Å². The van der Waals surface area contributed by atoms with E-state index >= 15 is 0 Å². The highest BCUT2D eigenvalue weighted by molar-refractivity contribution is 5.52. The highest BCUT2D eigenvalue weighted by Gasteiger charge is 2.05. The number of aromatic nitrogens is 4. The van der Waals surface area contributed by atoms with Crippen LogP contribution in [0.1, 0.15) is 39.5 Å². The van der Waals surface area contributed by atoms with Crippen LogP contribution in [0.3, 0.4) is 0 Å². The molecule has 0 aliphatic carbocycles. The van der Waals surface area contributed by atoms with E-state index in [1.165, 1.54) is 25.7 Å². The topological polar surface area (TPSA) is 55.6 Å². The quantitative estimate of drug-likeness (QED) is 0.721. The number of hydrogen-bond acceptors (Lipinski definition) is 4. The third-order valence-corrected chi connectivity index (χ3v) is 3.53. The van der Waals surface area contributed by atoms with Crippen molar-refractivity contribution in [3.63, 3.8) is 0 Å². The molecule has 1 atom stereocenters. The van der Waals surface area contributed by atoms with Crippen LogP contribution < -0.4 is 5.32 Å². The molecule has 0 aliphatic heterocycles. The number of nitrogens with one attached hydrogen (secondary N) is 1. The monoisotopic (exact) mass is 287 g/mol. The van der Waals surface area contributed by atoms with Gasteiger partial charge in [0.1, 0.15) is 0 Å². The lowest BCUT2D eigenvalue weighted by Crippen LogP contribution is -2.29. The molecule has 1 aromatic heterocycles. The van der Waals surface area contributed by atoms with Crippen molar-refractivity contribution >= 4 is 0 Å². The van der Waals surface area contributed by atoms with Crippen LogP contribution in [0.25, 0.3) is 11.4 Å². The van der Waals surface area contributed by atoms with Gasteiger partial charge >= 0.3 is 0 Å². The van der Waals surface area contributed by atoms with Gasteiger partial charge in [-0.1, -0.05) is 56.5 Å².